The summed E-state index contributed by atoms with van der Waals surface area (Å²) in [5.41, 5.74) is 0.190. The summed E-state index contributed by atoms with van der Waals surface area (Å²) in [6, 6.07) is 2.65. The number of hydrogen-bond donors (Lipinski definition) is 4. The van der Waals surface area contributed by atoms with Gasteiger partial charge in [0.25, 0.3) is 0 Å². The summed E-state index contributed by atoms with van der Waals surface area (Å²) >= 11 is 4.28. The van der Waals surface area contributed by atoms with Crippen molar-refractivity contribution in [2.45, 2.75) is 91.5 Å². The molecule has 9 heteroatoms. The number of para-hydroxylation sites is 1. The Morgan fingerprint density at radius 1 is 1.21 bits per heavy atom. The Bertz CT molecular complexity index is 840. The standard InChI is InChI=1S/C25H41N3O5S/c1-8-10-14-26-22(30)20(18-13-11-12-16(3)21(18)29)28(17(4)9-2)23(31)19(15-34)27-24(32)33-25(5,6)7/h11-13,17,19-20,29,34H,8-10,14-15H2,1-7H3,(H,26,30)(H,27,32). The van der Waals surface area contributed by atoms with E-state index in [0.29, 0.717) is 24.1 Å². The zero-order chi connectivity index (χ0) is 26.1. The van der Waals surface area contributed by atoms with E-state index in [0.717, 1.165) is 12.8 Å². The summed E-state index contributed by atoms with van der Waals surface area (Å²) < 4.78 is 5.31. The molecule has 1 aromatic carbocycles. The summed E-state index contributed by atoms with van der Waals surface area (Å²) in [5, 5.41) is 16.3. The lowest BCUT2D eigenvalue weighted by molar-refractivity contribution is -0.144. The monoisotopic (exact) mass is 495 g/mol. The molecule has 192 valence electrons. The maximum absolute atomic E-state index is 13.8. The van der Waals surface area contributed by atoms with Crippen LogP contribution in [-0.4, -0.2) is 57.9 Å². The number of thiol groups is 1. The first-order valence-electron chi connectivity index (χ1n) is 11.9. The third-order valence-corrected chi connectivity index (χ3v) is 5.78. The summed E-state index contributed by atoms with van der Waals surface area (Å²) in [7, 11) is 0. The Labute approximate surface area is 209 Å². The van der Waals surface area contributed by atoms with Gasteiger partial charge in [0, 0.05) is 23.9 Å². The quantitative estimate of drug-likeness (QED) is 0.273. The van der Waals surface area contributed by atoms with Gasteiger partial charge in [0.15, 0.2) is 0 Å². The molecule has 3 unspecified atom stereocenters. The van der Waals surface area contributed by atoms with Crippen LogP contribution in [0, 0.1) is 6.92 Å². The fraction of sp³-hybridized carbons (Fsp3) is 0.640. The van der Waals surface area contributed by atoms with Gasteiger partial charge < -0.3 is 25.4 Å². The van der Waals surface area contributed by atoms with Crippen LogP contribution in [0.15, 0.2) is 18.2 Å². The van der Waals surface area contributed by atoms with E-state index in [1.54, 1.807) is 45.9 Å². The average molecular weight is 496 g/mol. The first kappa shape index (κ1) is 29.6. The molecule has 0 spiro atoms. The molecular formula is C25H41N3O5S. The van der Waals surface area contributed by atoms with Crippen molar-refractivity contribution in [2.75, 3.05) is 12.3 Å². The third kappa shape index (κ3) is 8.42. The second-order valence-corrected chi connectivity index (χ2v) is 9.81. The fourth-order valence-corrected chi connectivity index (χ4v) is 3.66. The Morgan fingerprint density at radius 2 is 1.85 bits per heavy atom. The van der Waals surface area contributed by atoms with Gasteiger partial charge in [-0.3, -0.25) is 9.59 Å². The molecule has 1 aromatic rings. The van der Waals surface area contributed by atoms with Crippen LogP contribution in [0.4, 0.5) is 4.79 Å². The lowest BCUT2D eigenvalue weighted by Gasteiger charge is -2.38. The second kappa shape index (κ2) is 13.5. The van der Waals surface area contributed by atoms with Gasteiger partial charge in [0.1, 0.15) is 23.4 Å². The molecule has 8 nitrogen and oxygen atoms in total. The topological polar surface area (TPSA) is 108 Å². The number of carbonyl (C=O) groups is 3. The Balaban J connectivity index is 3.46. The van der Waals surface area contributed by atoms with Crippen LogP contribution >= 0.6 is 12.6 Å². The first-order valence-corrected chi connectivity index (χ1v) is 12.5. The number of ether oxygens (including phenoxy) is 1. The molecule has 0 heterocycles. The smallest absolute Gasteiger partial charge is 0.408 e. The van der Waals surface area contributed by atoms with Crippen molar-refractivity contribution in [3.8, 4) is 5.75 Å². The first-order chi connectivity index (χ1) is 15.9. The van der Waals surface area contributed by atoms with E-state index in [1.165, 1.54) is 4.90 Å². The van der Waals surface area contributed by atoms with E-state index < -0.39 is 35.6 Å². The Morgan fingerprint density at radius 3 is 2.38 bits per heavy atom. The number of phenolic OH excluding ortho intramolecular Hbond substituents is 1. The van der Waals surface area contributed by atoms with Crippen molar-refractivity contribution in [2.24, 2.45) is 0 Å². The highest BCUT2D eigenvalue weighted by molar-refractivity contribution is 7.80. The largest absolute Gasteiger partial charge is 0.507 e. The molecule has 0 radical (unpaired) electrons. The number of rotatable bonds is 11. The van der Waals surface area contributed by atoms with E-state index in [9.17, 15) is 19.5 Å². The summed E-state index contributed by atoms with van der Waals surface area (Å²) in [4.78, 5) is 41.0. The van der Waals surface area contributed by atoms with Crippen molar-refractivity contribution in [3.05, 3.63) is 29.3 Å². The predicted octanol–water partition coefficient (Wildman–Crippen LogP) is 4.11. The molecule has 0 saturated heterocycles. The van der Waals surface area contributed by atoms with E-state index in [1.807, 2.05) is 20.8 Å². The minimum atomic E-state index is -1.08. The van der Waals surface area contributed by atoms with E-state index in [4.69, 9.17) is 4.74 Å². The van der Waals surface area contributed by atoms with Crippen molar-refractivity contribution in [3.63, 3.8) is 0 Å². The Kier molecular flexibility index (Phi) is 11.7. The molecule has 0 saturated carbocycles. The van der Waals surface area contributed by atoms with Crippen LogP contribution in [0.3, 0.4) is 0 Å². The van der Waals surface area contributed by atoms with Gasteiger partial charge in [0.05, 0.1) is 0 Å². The number of hydrogen-bond acceptors (Lipinski definition) is 6. The van der Waals surface area contributed by atoms with Crippen LogP contribution in [0.25, 0.3) is 0 Å². The molecular weight excluding hydrogens is 454 g/mol. The molecule has 0 aromatic heterocycles. The molecule has 0 aliphatic rings. The van der Waals surface area contributed by atoms with Crippen LogP contribution in [-0.2, 0) is 14.3 Å². The molecule has 3 amide bonds. The van der Waals surface area contributed by atoms with Crippen LogP contribution in [0.2, 0.25) is 0 Å². The second-order valence-electron chi connectivity index (χ2n) is 9.44. The highest BCUT2D eigenvalue weighted by Gasteiger charge is 2.39. The number of aryl methyl sites for hydroxylation is 1. The lowest BCUT2D eigenvalue weighted by Crippen LogP contribution is -2.56. The number of amides is 3. The zero-order valence-electron chi connectivity index (χ0n) is 21.5. The van der Waals surface area contributed by atoms with Gasteiger partial charge in [-0.1, -0.05) is 38.5 Å². The molecule has 3 N–H and O–H groups in total. The number of unbranched alkanes of at least 4 members (excludes halogenated alkanes) is 1. The maximum atomic E-state index is 13.8. The minimum absolute atomic E-state index is 0.00891. The Hall–Kier alpha value is -2.42. The highest BCUT2D eigenvalue weighted by atomic mass is 32.1. The van der Waals surface area contributed by atoms with Gasteiger partial charge in [-0.25, -0.2) is 4.79 Å². The SMILES string of the molecule is CCCCNC(=O)C(c1cccc(C)c1O)N(C(=O)C(CS)NC(=O)OC(C)(C)C)C(C)CC. The number of nitrogens with zero attached hydrogens (tertiary/aromatic N) is 1. The van der Waals surface area contributed by atoms with Gasteiger partial charge in [0.2, 0.25) is 11.8 Å². The van der Waals surface area contributed by atoms with Crippen molar-refractivity contribution in [1.29, 1.82) is 0 Å². The number of aromatic hydroxyl groups is 1. The van der Waals surface area contributed by atoms with Gasteiger partial charge in [-0.2, -0.15) is 12.6 Å². The number of alkyl carbamates (subject to hydrolysis) is 1. The maximum Gasteiger partial charge on any atom is 0.408 e. The number of nitrogens with one attached hydrogen (secondary N) is 2. The number of carbonyl (C=O) groups excluding carboxylic acids is 3. The summed E-state index contributed by atoms with van der Waals surface area (Å²) in [6.45, 7) is 13.1. The van der Waals surface area contributed by atoms with Gasteiger partial charge >= 0.3 is 6.09 Å². The summed E-state index contributed by atoms with van der Waals surface area (Å²) in [5.74, 6) is -0.902. The van der Waals surface area contributed by atoms with Gasteiger partial charge in [-0.15, -0.1) is 0 Å². The molecule has 3 atom stereocenters. The fourth-order valence-electron chi connectivity index (χ4n) is 3.42. The van der Waals surface area contributed by atoms with Gasteiger partial charge in [-0.05, 0) is 53.0 Å². The zero-order valence-corrected chi connectivity index (χ0v) is 22.4. The van der Waals surface area contributed by atoms with Crippen molar-refractivity contribution >= 4 is 30.5 Å². The third-order valence-electron chi connectivity index (χ3n) is 5.41. The number of benzene rings is 1. The molecule has 0 bridgehead atoms. The predicted molar refractivity (Wildman–Crippen MR) is 137 cm³/mol. The van der Waals surface area contributed by atoms with Crippen LogP contribution in [0.1, 0.15) is 78.0 Å². The van der Waals surface area contributed by atoms with Crippen molar-refractivity contribution < 1.29 is 24.2 Å². The van der Waals surface area contributed by atoms with E-state index >= 15 is 0 Å². The van der Waals surface area contributed by atoms with Crippen LogP contribution < -0.4 is 10.6 Å². The molecule has 1 rings (SSSR count). The highest BCUT2D eigenvalue weighted by Crippen LogP contribution is 2.34. The van der Waals surface area contributed by atoms with Crippen LogP contribution in [0.5, 0.6) is 5.75 Å². The minimum Gasteiger partial charge on any atom is -0.507 e. The van der Waals surface area contributed by atoms with E-state index in [2.05, 4.69) is 23.3 Å². The number of phenols is 1. The molecule has 0 aliphatic heterocycles. The average Bonchev–Trinajstić information content (AvgIpc) is 2.76. The van der Waals surface area contributed by atoms with E-state index in [-0.39, 0.29) is 17.5 Å². The normalized spacial score (nSPS) is 14.0. The molecule has 0 fully saturated rings. The lowest BCUT2D eigenvalue weighted by atomic mass is 9.97. The summed E-state index contributed by atoms with van der Waals surface area (Å²) in [6.07, 6.45) is 1.50. The molecule has 34 heavy (non-hydrogen) atoms. The van der Waals surface area contributed by atoms with Crippen molar-refractivity contribution in [1.82, 2.24) is 15.5 Å². The molecule has 0 aliphatic carbocycles.